The molecule has 6 nitrogen and oxygen atoms in total. The van der Waals surface area contributed by atoms with E-state index in [1.54, 1.807) is 7.11 Å². The fraction of sp³-hybridized carbons (Fsp3) is 0.375. The third kappa shape index (κ3) is 3.93. The molecule has 0 N–H and O–H groups in total. The van der Waals surface area contributed by atoms with Crippen LogP contribution in [0.2, 0.25) is 0 Å². The van der Waals surface area contributed by atoms with E-state index in [2.05, 4.69) is 4.98 Å². The number of nitrogens with zero attached hydrogens (tertiary/aromatic N) is 2. The van der Waals surface area contributed by atoms with Crippen molar-refractivity contribution in [1.82, 2.24) is 9.55 Å². The third-order valence-electron chi connectivity index (χ3n) is 3.45. The van der Waals surface area contributed by atoms with Gasteiger partial charge in [-0.3, -0.25) is 9.36 Å². The van der Waals surface area contributed by atoms with Crippen LogP contribution in [0.5, 0.6) is 6.01 Å². The van der Waals surface area contributed by atoms with Crippen LogP contribution in [0.1, 0.15) is 11.3 Å². The molecule has 23 heavy (non-hydrogen) atoms. The Kier molecular flexibility index (Phi) is 5.00. The van der Waals surface area contributed by atoms with Crippen LogP contribution in [-0.2, 0) is 22.1 Å². The standard InChI is InChI=1S/C16H18N2O4S/c1-11-3-5-14(6-4-11)23-21-10-13-8-18-12(9-20-2)7-15(19)17-16(18)22-13/h3-7,13H,8-10H2,1-2H3/t13-/m0/s1. The molecule has 0 bridgehead atoms. The fourth-order valence-electron chi connectivity index (χ4n) is 2.33. The Labute approximate surface area is 138 Å². The molecule has 1 aromatic heterocycles. The van der Waals surface area contributed by atoms with Gasteiger partial charge in [0, 0.05) is 30.1 Å². The van der Waals surface area contributed by atoms with E-state index in [1.165, 1.54) is 23.7 Å². The lowest BCUT2D eigenvalue weighted by atomic mass is 10.2. The van der Waals surface area contributed by atoms with Gasteiger partial charge in [0.2, 0.25) is 0 Å². The van der Waals surface area contributed by atoms with Gasteiger partial charge < -0.3 is 13.7 Å². The van der Waals surface area contributed by atoms with E-state index in [9.17, 15) is 4.79 Å². The molecule has 1 aromatic carbocycles. The second-order valence-electron chi connectivity index (χ2n) is 5.33. The highest BCUT2D eigenvalue weighted by molar-refractivity contribution is 7.94. The molecule has 1 atom stereocenters. The van der Waals surface area contributed by atoms with Crippen molar-refractivity contribution in [3.8, 4) is 6.01 Å². The highest BCUT2D eigenvalue weighted by atomic mass is 32.2. The number of hydrogen-bond donors (Lipinski definition) is 0. The third-order valence-corrected chi connectivity index (χ3v) is 4.17. The van der Waals surface area contributed by atoms with Crippen LogP contribution >= 0.6 is 12.0 Å². The summed E-state index contributed by atoms with van der Waals surface area (Å²) in [4.78, 5) is 16.5. The average molecular weight is 334 g/mol. The predicted molar refractivity (Wildman–Crippen MR) is 86.6 cm³/mol. The van der Waals surface area contributed by atoms with Gasteiger partial charge in [-0.25, -0.2) is 0 Å². The summed E-state index contributed by atoms with van der Waals surface area (Å²) >= 11 is 1.32. The number of methoxy groups -OCH3 is 1. The van der Waals surface area contributed by atoms with Gasteiger partial charge in [0.05, 0.1) is 18.8 Å². The van der Waals surface area contributed by atoms with Crippen LogP contribution < -0.4 is 10.3 Å². The molecule has 2 heterocycles. The van der Waals surface area contributed by atoms with Gasteiger partial charge in [0.25, 0.3) is 5.56 Å². The van der Waals surface area contributed by atoms with E-state index in [1.807, 2.05) is 35.8 Å². The first-order chi connectivity index (χ1) is 11.2. The highest BCUT2D eigenvalue weighted by Gasteiger charge is 2.26. The van der Waals surface area contributed by atoms with Crippen LogP contribution in [0.3, 0.4) is 0 Å². The molecule has 7 heteroatoms. The van der Waals surface area contributed by atoms with Crippen molar-refractivity contribution in [3.05, 3.63) is 51.9 Å². The van der Waals surface area contributed by atoms with Crippen LogP contribution in [0.25, 0.3) is 0 Å². The van der Waals surface area contributed by atoms with E-state index in [0.717, 1.165) is 10.6 Å². The lowest BCUT2D eigenvalue weighted by molar-refractivity contribution is 0.157. The Bertz CT molecular complexity index is 730. The maximum atomic E-state index is 11.6. The minimum Gasteiger partial charge on any atom is -0.457 e. The van der Waals surface area contributed by atoms with Gasteiger partial charge in [0.1, 0.15) is 12.7 Å². The molecule has 1 aliphatic heterocycles. The SMILES string of the molecule is COCc1cc(=O)nc2n1C[C@@H](COSc1ccc(C)cc1)O2. The minimum atomic E-state index is -0.320. The number of fused-ring (bicyclic) bond motifs is 1. The summed E-state index contributed by atoms with van der Waals surface area (Å²) in [5.74, 6) is 0. The first kappa shape index (κ1) is 16.0. The van der Waals surface area contributed by atoms with Crippen LogP contribution in [0, 0.1) is 6.92 Å². The zero-order valence-electron chi connectivity index (χ0n) is 13.0. The van der Waals surface area contributed by atoms with Crippen LogP contribution in [0.4, 0.5) is 0 Å². The van der Waals surface area contributed by atoms with E-state index in [-0.39, 0.29) is 11.7 Å². The number of aryl methyl sites for hydroxylation is 1. The Hall–Kier alpha value is -1.83. The lowest BCUT2D eigenvalue weighted by Gasteiger charge is -2.09. The van der Waals surface area contributed by atoms with E-state index in [0.29, 0.717) is 25.8 Å². The molecular formula is C16H18N2O4S. The Balaban J connectivity index is 1.58. The molecule has 0 aliphatic carbocycles. The molecule has 0 spiro atoms. The zero-order chi connectivity index (χ0) is 16.2. The summed E-state index contributed by atoms with van der Waals surface area (Å²) in [6.45, 7) is 3.39. The quantitative estimate of drug-likeness (QED) is 0.755. The van der Waals surface area contributed by atoms with Crippen LogP contribution in [-0.4, -0.2) is 29.4 Å². The predicted octanol–water partition coefficient (Wildman–Crippen LogP) is 2.18. The molecule has 0 amide bonds. The Morgan fingerprint density at radius 3 is 2.91 bits per heavy atom. The van der Waals surface area contributed by atoms with Gasteiger partial charge in [-0.15, -0.1) is 0 Å². The van der Waals surface area contributed by atoms with Crippen molar-refractivity contribution in [3.63, 3.8) is 0 Å². The lowest BCUT2D eigenvalue weighted by Crippen LogP contribution is -2.20. The van der Waals surface area contributed by atoms with Crippen molar-refractivity contribution >= 4 is 12.0 Å². The number of benzene rings is 1. The largest absolute Gasteiger partial charge is 0.457 e. The molecule has 1 aliphatic rings. The van der Waals surface area contributed by atoms with Gasteiger partial charge in [-0.2, -0.15) is 4.98 Å². The van der Waals surface area contributed by atoms with Crippen molar-refractivity contribution < 1.29 is 13.7 Å². The number of ether oxygens (including phenoxy) is 2. The Morgan fingerprint density at radius 2 is 2.17 bits per heavy atom. The number of hydrogen-bond acceptors (Lipinski definition) is 6. The summed E-state index contributed by atoms with van der Waals surface area (Å²) < 4.78 is 18.3. The summed E-state index contributed by atoms with van der Waals surface area (Å²) in [5, 5.41) is 0. The average Bonchev–Trinajstić information content (AvgIpc) is 2.92. The van der Waals surface area contributed by atoms with Gasteiger partial charge >= 0.3 is 6.01 Å². The number of aromatic nitrogens is 2. The minimum absolute atomic E-state index is 0.169. The van der Waals surface area contributed by atoms with Crippen LogP contribution in [0.15, 0.2) is 40.0 Å². The van der Waals surface area contributed by atoms with E-state index < -0.39 is 0 Å². The topological polar surface area (TPSA) is 62.6 Å². The molecule has 2 aromatic rings. The van der Waals surface area contributed by atoms with Gasteiger partial charge in [-0.05, 0) is 19.1 Å². The molecule has 0 radical (unpaired) electrons. The summed E-state index contributed by atoms with van der Waals surface area (Å²) in [6.07, 6.45) is -0.169. The molecule has 122 valence electrons. The summed E-state index contributed by atoms with van der Waals surface area (Å²) in [5.41, 5.74) is 1.65. The second kappa shape index (κ2) is 7.16. The normalized spacial score (nSPS) is 16.2. The maximum absolute atomic E-state index is 11.6. The number of rotatable bonds is 6. The van der Waals surface area contributed by atoms with Crippen molar-refractivity contribution in [2.45, 2.75) is 31.1 Å². The zero-order valence-corrected chi connectivity index (χ0v) is 13.8. The molecule has 0 fully saturated rings. The van der Waals surface area contributed by atoms with Crippen molar-refractivity contribution in [2.75, 3.05) is 13.7 Å². The van der Waals surface area contributed by atoms with Crippen molar-refractivity contribution in [1.29, 1.82) is 0 Å². The first-order valence-corrected chi connectivity index (χ1v) is 8.02. The molecule has 0 unspecified atom stereocenters. The Morgan fingerprint density at radius 1 is 1.39 bits per heavy atom. The second-order valence-corrected chi connectivity index (χ2v) is 6.21. The van der Waals surface area contributed by atoms with Crippen molar-refractivity contribution in [2.24, 2.45) is 0 Å². The first-order valence-electron chi connectivity index (χ1n) is 7.28. The van der Waals surface area contributed by atoms with E-state index in [4.69, 9.17) is 13.7 Å². The monoisotopic (exact) mass is 334 g/mol. The van der Waals surface area contributed by atoms with Gasteiger partial charge in [-0.1, -0.05) is 17.7 Å². The molecule has 0 saturated heterocycles. The van der Waals surface area contributed by atoms with Gasteiger partial charge in [0.15, 0.2) is 0 Å². The summed E-state index contributed by atoms with van der Waals surface area (Å²) in [6, 6.07) is 9.92. The maximum Gasteiger partial charge on any atom is 0.300 e. The smallest absolute Gasteiger partial charge is 0.300 e. The molecular weight excluding hydrogens is 316 g/mol. The molecule has 0 saturated carbocycles. The fourth-order valence-corrected chi connectivity index (χ4v) is 2.93. The highest BCUT2D eigenvalue weighted by Crippen LogP contribution is 2.24. The van der Waals surface area contributed by atoms with E-state index >= 15 is 0 Å². The molecule has 3 rings (SSSR count). The summed E-state index contributed by atoms with van der Waals surface area (Å²) in [7, 11) is 1.59.